The number of benzene rings is 1. The van der Waals surface area contributed by atoms with Crippen molar-refractivity contribution in [3.05, 3.63) is 47.1 Å². The molecule has 0 saturated heterocycles. The van der Waals surface area contributed by atoms with Gasteiger partial charge in [0.1, 0.15) is 13.9 Å². The number of halogens is 1. The van der Waals surface area contributed by atoms with Gasteiger partial charge in [-0.25, -0.2) is 4.98 Å². The number of nitrogens with two attached hydrogens (primary N) is 1. The predicted octanol–water partition coefficient (Wildman–Crippen LogP) is 4.21. The zero-order valence-electron chi connectivity index (χ0n) is 11.9. The van der Waals surface area contributed by atoms with Crippen LogP contribution in [0.25, 0.3) is 11.1 Å². The quantitative estimate of drug-likeness (QED) is 0.633. The van der Waals surface area contributed by atoms with E-state index in [1.165, 1.54) is 0 Å². The van der Waals surface area contributed by atoms with Crippen molar-refractivity contribution in [3.63, 3.8) is 0 Å². The molecule has 0 spiro atoms. The highest BCUT2D eigenvalue weighted by Gasteiger charge is 2.08. The maximum Gasteiger partial charge on any atom is 0.139 e. The zero-order valence-corrected chi connectivity index (χ0v) is 13.6. The van der Waals surface area contributed by atoms with Crippen molar-refractivity contribution in [2.45, 2.75) is 19.6 Å². The van der Waals surface area contributed by atoms with Gasteiger partial charge in [0.05, 0.1) is 5.56 Å². The summed E-state index contributed by atoms with van der Waals surface area (Å²) >= 11 is 5.90. The van der Waals surface area contributed by atoms with Crippen LogP contribution in [0.2, 0.25) is 24.7 Å². The minimum atomic E-state index is -1.43. The van der Waals surface area contributed by atoms with Gasteiger partial charge < -0.3 is 5.73 Å². The van der Waals surface area contributed by atoms with Gasteiger partial charge in [-0.05, 0) is 23.8 Å². The predicted molar refractivity (Wildman–Crippen MR) is 89.3 cm³/mol. The third-order valence-electron chi connectivity index (χ3n) is 2.67. The Morgan fingerprint density at radius 1 is 1.10 bits per heavy atom. The van der Waals surface area contributed by atoms with Gasteiger partial charge in [-0.2, -0.15) is 0 Å². The van der Waals surface area contributed by atoms with Gasteiger partial charge in [-0.1, -0.05) is 49.3 Å². The lowest BCUT2D eigenvalue weighted by atomic mass is 10.1. The summed E-state index contributed by atoms with van der Waals surface area (Å²) in [5.74, 6) is 3.65. The first-order chi connectivity index (χ1) is 9.35. The van der Waals surface area contributed by atoms with Crippen LogP contribution in [0.3, 0.4) is 0 Å². The second-order valence-electron chi connectivity index (χ2n) is 5.66. The molecule has 1 aromatic carbocycles. The number of rotatable bonds is 1. The highest BCUT2D eigenvalue weighted by atomic mass is 35.5. The smallest absolute Gasteiger partial charge is 0.139 e. The van der Waals surface area contributed by atoms with E-state index in [-0.39, 0.29) is 0 Å². The highest BCUT2D eigenvalue weighted by Crippen LogP contribution is 2.23. The fourth-order valence-corrected chi connectivity index (χ4v) is 2.27. The van der Waals surface area contributed by atoms with Gasteiger partial charge in [-0.15, -0.1) is 5.54 Å². The second-order valence-corrected chi connectivity index (χ2v) is 10.9. The molecule has 0 radical (unpaired) electrons. The largest absolute Gasteiger partial charge is 0.383 e. The summed E-state index contributed by atoms with van der Waals surface area (Å²) in [5.41, 5.74) is 12.1. The molecular formula is C16H17ClN2Si. The van der Waals surface area contributed by atoms with Crippen LogP contribution in [0.4, 0.5) is 5.82 Å². The average Bonchev–Trinajstić information content (AvgIpc) is 2.38. The third kappa shape index (κ3) is 3.86. The van der Waals surface area contributed by atoms with E-state index in [1.54, 1.807) is 6.20 Å². The minimum Gasteiger partial charge on any atom is -0.383 e. The molecule has 0 bridgehead atoms. The first-order valence-corrected chi connectivity index (χ1v) is 10.3. The third-order valence-corrected chi connectivity index (χ3v) is 3.80. The topological polar surface area (TPSA) is 38.9 Å². The van der Waals surface area contributed by atoms with Crippen LogP contribution in [0.5, 0.6) is 0 Å². The van der Waals surface area contributed by atoms with Gasteiger partial charge in [0.15, 0.2) is 0 Å². The molecule has 0 aliphatic rings. The van der Waals surface area contributed by atoms with E-state index in [4.69, 9.17) is 17.3 Å². The van der Waals surface area contributed by atoms with Crippen LogP contribution in [0, 0.1) is 11.5 Å². The lowest BCUT2D eigenvalue weighted by Crippen LogP contribution is -2.16. The normalized spacial score (nSPS) is 10.8. The molecule has 2 nitrogen and oxygen atoms in total. The number of nitrogens with zero attached hydrogens (tertiary/aromatic N) is 1. The molecule has 0 fully saturated rings. The molecule has 4 heteroatoms. The van der Waals surface area contributed by atoms with Crippen molar-refractivity contribution in [1.82, 2.24) is 4.98 Å². The number of hydrogen-bond acceptors (Lipinski definition) is 2. The van der Waals surface area contributed by atoms with Gasteiger partial charge in [0.2, 0.25) is 0 Å². The summed E-state index contributed by atoms with van der Waals surface area (Å²) in [7, 11) is -1.43. The number of anilines is 1. The van der Waals surface area contributed by atoms with E-state index in [2.05, 4.69) is 36.1 Å². The molecule has 2 rings (SSSR count). The standard InChI is InChI=1S/C16H17ClN2Si/c1-20(2,3)9-8-13-10-14(11-19-16(13)18)12-4-6-15(17)7-5-12/h4-7,10-11H,1-3H3,(H2,18,19). The molecule has 0 amide bonds. The zero-order chi connectivity index (χ0) is 14.8. The van der Waals surface area contributed by atoms with E-state index in [0.717, 1.165) is 21.7 Å². The molecule has 102 valence electrons. The Morgan fingerprint density at radius 3 is 2.35 bits per heavy atom. The van der Waals surface area contributed by atoms with Gasteiger partial charge >= 0.3 is 0 Å². The highest BCUT2D eigenvalue weighted by molar-refractivity contribution is 6.83. The summed E-state index contributed by atoms with van der Waals surface area (Å²) in [5, 5.41) is 0.718. The summed E-state index contributed by atoms with van der Waals surface area (Å²) in [4.78, 5) is 4.24. The fourth-order valence-electron chi connectivity index (χ4n) is 1.63. The van der Waals surface area contributed by atoms with Crippen LogP contribution in [0.15, 0.2) is 36.5 Å². The van der Waals surface area contributed by atoms with Crippen molar-refractivity contribution in [1.29, 1.82) is 0 Å². The monoisotopic (exact) mass is 300 g/mol. The summed E-state index contributed by atoms with van der Waals surface area (Å²) < 4.78 is 0. The lowest BCUT2D eigenvalue weighted by Gasteiger charge is -2.06. The molecule has 0 aliphatic carbocycles. The van der Waals surface area contributed by atoms with Crippen molar-refractivity contribution in [3.8, 4) is 22.6 Å². The average molecular weight is 301 g/mol. The molecule has 0 saturated carbocycles. The Hall–Kier alpha value is -1.76. The van der Waals surface area contributed by atoms with E-state index in [0.29, 0.717) is 5.82 Å². The molecule has 1 aromatic heterocycles. The summed E-state index contributed by atoms with van der Waals surface area (Å²) in [6.07, 6.45) is 1.76. The number of aromatic nitrogens is 1. The Labute approximate surface area is 126 Å². The number of pyridine rings is 1. The van der Waals surface area contributed by atoms with Gasteiger partial charge in [-0.3, -0.25) is 0 Å². The van der Waals surface area contributed by atoms with Crippen molar-refractivity contribution in [2.75, 3.05) is 5.73 Å². The van der Waals surface area contributed by atoms with E-state index < -0.39 is 8.07 Å². The molecule has 0 unspecified atom stereocenters. The Bertz CT molecular complexity index is 676. The summed E-state index contributed by atoms with van der Waals surface area (Å²) in [6, 6.07) is 9.64. The molecule has 0 aliphatic heterocycles. The number of hydrogen-bond donors (Lipinski definition) is 1. The molecular weight excluding hydrogens is 284 g/mol. The molecule has 2 N–H and O–H groups in total. The number of nitrogen functional groups attached to an aromatic ring is 1. The lowest BCUT2D eigenvalue weighted by molar-refractivity contribution is 1.32. The molecule has 1 heterocycles. The maximum atomic E-state index is 5.90. The van der Waals surface area contributed by atoms with Crippen LogP contribution < -0.4 is 5.73 Å². The Kier molecular flexibility index (Phi) is 4.17. The molecule has 2 aromatic rings. The maximum absolute atomic E-state index is 5.90. The Morgan fingerprint density at radius 2 is 1.75 bits per heavy atom. The van der Waals surface area contributed by atoms with E-state index in [1.807, 2.05) is 30.3 Å². The molecule has 0 atom stereocenters. The first kappa shape index (κ1) is 14.6. The van der Waals surface area contributed by atoms with Crippen molar-refractivity contribution in [2.24, 2.45) is 0 Å². The van der Waals surface area contributed by atoms with Gasteiger partial charge in [0.25, 0.3) is 0 Å². The van der Waals surface area contributed by atoms with Crippen molar-refractivity contribution >= 4 is 25.5 Å². The summed E-state index contributed by atoms with van der Waals surface area (Å²) in [6.45, 7) is 6.60. The molecule has 20 heavy (non-hydrogen) atoms. The van der Waals surface area contributed by atoms with E-state index in [9.17, 15) is 0 Å². The minimum absolute atomic E-state index is 0.480. The van der Waals surface area contributed by atoms with Crippen LogP contribution in [-0.2, 0) is 0 Å². The van der Waals surface area contributed by atoms with Crippen LogP contribution in [-0.4, -0.2) is 13.1 Å². The Balaban J connectivity index is 2.42. The van der Waals surface area contributed by atoms with Gasteiger partial charge in [0, 0.05) is 16.8 Å². The van der Waals surface area contributed by atoms with Crippen LogP contribution >= 0.6 is 11.6 Å². The van der Waals surface area contributed by atoms with Crippen LogP contribution in [0.1, 0.15) is 5.56 Å². The van der Waals surface area contributed by atoms with Crippen molar-refractivity contribution < 1.29 is 0 Å². The first-order valence-electron chi connectivity index (χ1n) is 6.40. The SMILES string of the molecule is C[Si](C)(C)C#Cc1cc(-c2ccc(Cl)cc2)cnc1N. The second kappa shape index (κ2) is 5.70. The van der Waals surface area contributed by atoms with E-state index >= 15 is 0 Å². The fraction of sp³-hybridized carbons (Fsp3) is 0.188.